The lowest BCUT2D eigenvalue weighted by atomic mass is 9.95. The highest BCUT2D eigenvalue weighted by Crippen LogP contribution is 2.54. The number of fused-ring (bicyclic) bond motifs is 2. The van der Waals surface area contributed by atoms with Gasteiger partial charge in [0.05, 0.1) is 5.52 Å². The molecule has 13 nitrogen and oxygen atoms in total. The number of hydroxylamine groups is 1. The molecule has 1 aromatic heterocycles. The molecular weight excluding hydrogens is 592 g/mol. The van der Waals surface area contributed by atoms with E-state index in [-0.39, 0.29) is 31.1 Å². The number of amides is 5. The number of benzene rings is 1. The molecule has 5 amide bonds. The Bertz CT molecular complexity index is 1500. The summed E-state index contributed by atoms with van der Waals surface area (Å²) in [4.78, 5) is 81.0. The second-order valence-electron chi connectivity index (χ2n) is 13.2. The van der Waals surface area contributed by atoms with Crippen LogP contribution in [0.4, 0.5) is 0 Å². The molecule has 1 aromatic carbocycles. The first kappa shape index (κ1) is 33.1. The highest BCUT2D eigenvalue weighted by molar-refractivity contribution is 6.03. The van der Waals surface area contributed by atoms with Crippen LogP contribution in [-0.4, -0.2) is 80.8 Å². The molecule has 5 N–H and O–H groups in total. The number of para-hydroxylation sites is 1. The van der Waals surface area contributed by atoms with E-state index < -0.39 is 53.2 Å². The number of piperidine rings is 1. The van der Waals surface area contributed by atoms with Crippen molar-refractivity contribution in [2.75, 3.05) is 6.54 Å². The minimum Gasteiger partial charge on any atom is -0.343 e. The highest BCUT2D eigenvalue weighted by Gasteiger charge is 2.63. The van der Waals surface area contributed by atoms with Crippen molar-refractivity contribution < 1.29 is 34.0 Å². The number of nitrogens with zero attached hydrogens (tertiary/aromatic N) is 2. The smallest absolute Gasteiger partial charge is 0.247 e. The molecule has 3 fully saturated rings. The Morgan fingerprint density at radius 2 is 1.85 bits per heavy atom. The van der Waals surface area contributed by atoms with Crippen molar-refractivity contribution in [1.82, 2.24) is 30.9 Å². The Labute approximate surface area is 267 Å². The summed E-state index contributed by atoms with van der Waals surface area (Å²) >= 11 is 0. The molecule has 5 rings (SSSR count). The van der Waals surface area contributed by atoms with Gasteiger partial charge in [0.1, 0.15) is 23.7 Å². The third kappa shape index (κ3) is 6.79. The van der Waals surface area contributed by atoms with Crippen molar-refractivity contribution >= 4 is 46.8 Å². The SMILES string of the molecule is CC(C)C[C@@H]1NC(=O)[C@]2(C[C@H]2c2cn(C=O)c3ccccc23)NC(=O)[C@H](CCCCCC(=O)NO)NC(=O)[C@H]2CCCCN2C1=O. The van der Waals surface area contributed by atoms with E-state index in [1.807, 2.05) is 38.1 Å². The van der Waals surface area contributed by atoms with Gasteiger partial charge < -0.3 is 20.9 Å². The van der Waals surface area contributed by atoms with E-state index in [1.54, 1.807) is 16.6 Å². The second-order valence-corrected chi connectivity index (χ2v) is 13.2. The predicted molar refractivity (Wildman–Crippen MR) is 168 cm³/mol. The van der Waals surface area contributed by atoms with Crippen LogP contribution in [0.5, 0.6) is 0 Å². The molecule has 5 atom stereocenters. The lowest BCUT2D eigenvalue weighted by Gasteiger charge is -2.39. The monoisotopic (exact) mass is 636 g/mol. The number of unbranched alkanes of at least 4 members (excludes halogenated alkanes) is 2. The lowest BCUT2D eigenvalue weighted by molar-refractivity contribution is -0.147. The van der Waals surface area contributed by atoms with Crippen molar-refractivity contribution in [3.05, 3.63) is 36.0 Å². The maximum atomic E-state index is 14.3. The summed E-state index contributed by atoms with van der Waals surface area (Å²) in [6.45, 7) is 4.30. The van der Waals surface area contributed by atoms with Crippen LogP contribution in [0.1, 0.15) is 89.5 Å². The average Bonchev–Trinajstić information content (AvgIpc) is 3.65. The fourth-order valence-electron chi connectivity index (χ4n) is 7.04. The number of aromatic nitrogens is 1. The molecule has 0 bridgehead atoms. The van der Waals surface area contributed by atoms with Crippen LogP contribution >= 0.6 is 0 Å². The van der Waals surface area contributed by atoms with Gasteiger partial charge in [-0.15, -0.1) is 0 Å². The third-order valence-electron chi connectivity index (χ3n) is 9.53. The summed E-state index contributed by atoms with van der Waals surface area (Å²) in [6, 6.07) is 4.73. The summed E-state index contributed by atoms with van der Waals surface area (Å²) < 4.78 is 1.45. The maximum Gasteiger partial charge on any atom is 0.247 e. The van der Waals surface area contributed by atoms with E-state index >= 15 is 0 Å². The fourth-order valence-corrected chi connectivity index (χ4v) is 7.04. The molecule has 13 heteroatoms. The van der Waals surface area contributed by atoms with Crippen LogP contribution in [0.25, 0.3) is 10.9 Å². The molecule has 46 heavy (non-hydrogen) atoms. The molecule has 1 saturated carbocycles. The van der Waals surface area contributed by atoms with Crippen LogP contribution in [0.3, 0.4) is 0 Å². The molecule has 3 aliphatic rings. The molecule has 1 aliphatic carbocycles. The molecule has 0 unspecified atom stereocenters. The molecule has 2 aromatic rings. The molecule has 0 radical (unpaired) electrons. The van der Waals surface area contributed by atoms with Crippen LogP contribution in [-0.2, 0) is 28.8 Å². The van der Waals surface area contributed by atoms with Crippen LogP contribution in [0.2, 0.25) is 0 Å². The maximum absolute atomic E-state index is 14.3. The first-order valence-electron chi connectivity index (χ1n) is 16.3. The van der Waals surface area contributed by atoms with E-state index in [9.17, 15) is 28.8 Å². The molecule has 2 saturated heterocycles. The Morgan fingerprint density at radius 1 is 1.07 bits per heavy atom. The summed E-state index contributed by atoms with van der Waals surface area (Å²) in [7, 11) is 0. The quantitative estimate of drug-likeness (QED) is 0.114. The standard InChI is InChI=1S/C33H44N6O7/c1-20(2)16-25-31(44)39-15-9-8-13-27(39)30(43)34-24(11-4-3-5-14-28(41)37-46)29(42)36-33(32(45)35-25)17-23(33)22-18-38(19-40)26-12-7-6-10-21(22)26/h6-7,10,12,18-20,23-25,27,46H,3-5,8-9,11,13-17H2,1-2H3,(H,34,43)(H,35,45)(H,36,42)(H,37,41)/t23-,24-,25-,27+,33+/m0/s1. The van der Waals surface area contributed by atoms with Gasteiger partial charge in [-0.3, -0.25) is 38.5 Å². The minimum absolute atomic E-state index is 0.0677. The Balaban J connectivity index is 1.49. The van der Waals surface area contributed by atoms with Gasteiger partial charge in [-0.1, -0.05) is 44.9 Å². The Kier molecular flexibility index (Phi) is 10.1. The second kappa shape index (κ2) is 14.0. The average molecular weight is 637 g/mol. The Hall–Kier alpha value is -4.26. The molecular formula is C33H44N6O7. The van der Waals surface area contributed by atoms with Gasteiger partial charge in [0.2, 0.25) is 35.9 Å². The predicted octanol–water partition coefficient (Wildman–Crippen LogP) is 1.89. The number of carbonyl (C=O) groups is 6. The highest BCUT2D eigenvalue weighted by atomic mass is 16.5. The van der Waals surface area contributed by atoms with Crippen molar-refractivity contribution in [2.45, 2.75) is 108 Å². The first-order valence-corrected chi connectivity index (χ1v) is 16.3. The van der Waals surface area contributed by atoms with Crippen molar-refractivity contribution in [2.24, 2.45) is 5.92 Å². The minimum atomic E-state index is -1.40. The molecule has 248 valence electrons. The van der Waals surface area contributed by atoms with Gasteiger partial charge >= 0.3 is 0 Å². The fraction of sp³-hybridized carbons (Fsp3) is 0.576. The normalized spacial score (nSPS) is 26.9. The van der Waals surface area contributed by atoms with Gasteiger partial charge in [0.15, 0.2) is 0 Å². The van der Waals surface area contributed by atoms with Gasteiger partial charge in [0.25, 0.3) is 0 Å². The number of rotatable bonds is 10. The number of hydrogen-bond acceptors (Lipinski definition) is 7. The Morgan fingerprint density at radius 3 is 2.59 bits per heavy atom. The van der Waals surface area contributed by atoms with E-state index in [4.69, 9.17) is 5.21 Å². The van der Waals surface area contributed by atoms with Crippen LogP contribution in [0.15, 0.2) is 30.5 Å². The number of carbonyl (C=O) groups excluding carboxylic acids is 6. The molecule has 2 aliphatic heterocycles. The van der Waals surface area contributed by atoms with Crippen LogP contribution < -0.4 is 21.4 Å². The lowest BCUT2D eigenvalue weighted by Crippen LogP contribution is -2.64. The van der Waals surface area contributed by atoms with Gasteiger partial charge in [-0.05, 0) is 62.5 Å². The summed E-state index contributed by atoms with van der Waals surface area (Å²) in [5.74, 6) is -2.60. The van der Waals surface area contributed by atoms with Crippen molar-refractivity contribution in [1.29, 1.82) is 0 Å². The largest absolute Gasteiger partial charge is 0.343 e. The third-order valence-corrected chi connectivity index (χ3v) is 9.53. The zero-order chi connectivity index (χ0) is 33.0. The van der Waals surface area contributed by atoms with E-state index in [0.717, 1.165) is 23.8 Å². The molecule has 3 heterocycles. The van der Waals surface area contributed by atoms with Crippen molar-refractivity contribution in [3.8, 4) is 0 Å². The van der Waals surface area contributed by atoms with Crippen molar-refractivity contribution in [3.63, 3.8) is 0 Å². The summed E-state index contributed by atoms with van der Waals surface area (Å²) in [5, 5.41) is 18.4. The summed E-state index contributed by atoms with van der Waals surface area (Å²) in [5.41, 5.74) is 1.62. The zero-order valence-corrected chi connectivity index (χ0v) is 26.4. The number of hydrogen-bond donors (Lipinski definition) is 5. The molecule has 1 spiro atoms. The topological polar surface area (TPSA) is 179 Å². The van der Waals surface area contributed by atoms with Gasteiger partial charge in [-0.2, -0.15) is 0 Å². The van der Waals surface area contributed by atoms with Crippen LogP contribution in [0, 0.1) is 5.92 Å². The van der Waals surface area contributed by atoms with Gasteiger partial charge in [0, 0.05) is 30.5 Å². The van der Waals surface area contributed by atoms with E-state index in [2.05, 4.69) is 16.0 Å². The number of nitrogens with one attached hydrogen (secondary N) is 4. The summed E-state index contributed by atoms with van der Waals surface area (Å²) in [6.07, 6.45) is 6.86. The van der Waals surface area contributed by atoms with E-state index in [1.165, 1.54) is 4.57 Å². The first-order chi connectivity index (χ1) is 22.1. The van der Waals surface area contributed by atoms with E-state index in [0.29, 0.717) is 50.6 Å². The van der Waals surface area contributed by atoms with Gasteiger partial charge in [-0.25, -0.2) is 5.48 Å². The zero-order valence-electron chi connectivity index (χ0n) is 26.4.